The molecule has 0 aliphatic rings. The summed E-state index contributed by atoms with van der Waals surface area (Å²) < 4.78 is 11.5. The second kappa shape index (κ2) is 5.02. The topological polar surface area (TPSA) is 55.2 Å². The Hall–Kier alpha value is -3.01. The first-order valence-electron chi connectivity index (χ1n) is 7.38. The molecular weight excluding hydrogens is 290 g/mol. The lowest BCUT2D eigenvalue weighted by molar-refractivity contribution is 0.416. The molecule has 4 nitrogen and oxygen atoms in total. The Balaban J connectivity index is 2.21. The third kappa shape index (κ3) is 1.95. The maximum atomic E-state index is 12.4. The van der Waals surface area contributed by atoms with E-state index in [4.69, 9.17) is 9.15 Å². The standard InChI is InChI=1S/C19H15NO3/c1-11-16(12-7-3-5-9-14(12)22-2)18-17(20-19(11)21)13-8-4-6-10-15(13)23-18/h3-10H,1-2H3,(H,20,21). The van der Waals surface area contributed by atoms with E-state index in [1.54, 1.807) is 14.0 Å². The first-order chi connectivity index (χ1) is 11.2. The Morgan fingerprint density at radius 2 is 1.78 bits per heavy atom. The van der Waals surface area contributed by atoms with Crippen LogP contribution in [0, 0.1) is 6.92 Å². The van der Waals surface area contributed by atoms with Crippen molar-refractivity contribution < 1.29 is 9.15 Å². The number of fused-ring (bicyclic) bond motifs is 3. The summed E-state index contributed by atoms with van der Waals surface area (Å²) in [6, 6.07) is 15.3. The first kappa shape index (κ1) is 13.6. The van der Waals surface area contributed by atoms with Gasteiger partial charge in [-0.2, -0.15) is 0 Å². The molecule has 2 aromatic carbocycles. The molecule has 0 aliphatic heterocycles. The number of aromatic nitrogens is 1. The van der Waals surface area contributed by atoms with Crippen LogP contribution in [-0.2, 0) is 0 Å². The molecule has 0 saturated carbocycles. The van der Waals surface area contributed by atoms with Gasteiger partial charge in [-0.3, -0.25) is 4.79 Å². The number of ether oxygens (including phenoxy) is 1. The SMILES string of the molecule is COc1ccccc1-c1c(C)c(=O)[nH]c2c1oc1ccccc12. The van der Waals surface area contributed by atoms with Gasteiger partial charge in [-0.05, 0) is 25.1 Å². The van der Waals surface area contributed by atoms with Gasteiger partial charge in [0.05, 0.1) is 12.6 Å². The van der Waals surface area contributed by atoms with Crippen molar-refractivity contribution in [2.75, 3.05) is 7.11 Å². The Morgan fingerprint density at radius 3 is 2.61 bits per heavy atom. The summed E-state index contributed by atoms with van der Waals surface area (Å²) in [5, 5.41) is 0.899. The highest BCUT2D eigenvalue weighted by atomic mass is 16.5. The molecule has 0 spiro atoms. The molecule has 1 N–H and O–H groups in total. The molecule has 23 heavy (non-hydrogen) atoms. The van der Waals surface area contributed by atoms with Gasteiger partial charge in [0.2, 0.25) is 0 Å². The summed E-state index contributed by atoms with van der Waals surface area (Å²) in [5.74, 6) is 0.711. The summed E-state index contributed by atoms with van der Waals surface area (Å²) in [6.45, 7) is 1.80. The molecule has 0 saturated heterocycles. The fraction of sp³-hybridized carbons (Fsp3) is 0.105. The predicted molar refractivity (Wildman–Crippen MR) is 91.1 cm³/mol. The molecule has 4 rings (SSSR count). The summed E-state index contributed by atoms with van der Waals surface area (Å²) in [5.41, 5.74) is 4.26. The molecule has 2 aromatic heterocycles. The third-order valence-corrected chi connectivity index (χ3v) is 4.15. The molecule has 0 radical (unpaired) electrons. The lowest BCUT2D eigenvalue weighted by atomic mass is 9.99. The molecular formula is C19H15NO3. The third-order valence-electron chi connectivity index (χ3n) is 4.15. The highest BCUT2D eigenvalue weighted by Gasteiger charge is 2.19. The largest absolute Gasteiger partial charge is 0.496 e. The number of aromatic amines is 1. The molecule has 0 aliphatic carbocycles. The Morgan fingerprint density at radius 1 is 1.04 bits per heavy atom. The minimum absolute atomic E-state index is 0.120. The van der Waals surface area contributed by atoms with Gasteiger partial charge in [-0.1, -0.05) is 30.3 Å². The Bertz CT molecular complexity index is 1090. The number of pyridine rings is 1. The number of hydrogen-bond donors (Lipinski definition) is 1. The van der Waals surface area contributed by atoms with E-state index in [2.05, 4.69) is 4.98 Å². The maximum Gasteiger partial charge on any atom is 0.252 e. The first-order valence-corrected chi connectivity index (χ1v) is 7.38. The molecule has 0 bridgehead atoms. The summed E-state index contributed by atoms with van der Waals surface area (Å²) >= 11 is 0. The summed E-state index contributed by atoms with van der Waals surface area (Å²) in [6.07, 6.45) is 0. The van der Waals surface area contributed by atoms with Gasteiger partial charge in [0.1, 0.15) is 11.3 Å². The predicted octanol–water partition coefficient (Wildman–Crippen LogP) is 4.26. The fourth-order valence-electron chi connectivity index (χ4n) is 3.01. The van der Waals surface area contributed by atoms with Crippen molar-refractivity contribution >= 4 is 22.1 Å². The van der Waals surface area contributed by atoms with Crippen LogP contribution in [0.15, 0.2) is 57.7 Å². The van der Waals surface area contributed by atoms with E-state index in [1.807, 2.05) is 48.5 Å². The van der Waals surface area contributed by atoms with Gasteiger partial charge < -0.3 is 14.1 Å². The average molecular weight is 305 g/mol. The van der Waals surface area contributed by atoms with Crippen molar-refractivity contribution in [2.45, 2.75) is 6.92 Å². The molecule has 0 amide bonds. The van der Waals surface area contributed by atoms with Crippen LogP contribution in [0.25, 0.3) is 33.2 Å². The molecule has 0 fully saturated rings. The number of benzene rings is 2. The van der Waals surface area contributed by atoms with Crippen LogP contribution in [0.2, 0.25) is 0 Å². The van der Waals surface area contributed by atoms with Crippen molar-refractivity contribution in [2.24, 2.45) is 0 Å². The van der Waals surface area contributed by atoms with E-state index >= 15 is 0 Å². The highest BCUT2D eigenvalue weighted by Crippen LogP contribution is 2.38. The van der Waals surface area contributed by atoms with Crippen molar-refractivity contribution in [3.63, 3.8) is 0 Å². The molecule has 0 unspecified atom stereocenters. The van der Waals surface area contributed by atoms with Crippen LogP contribution in [0.3, 0.4) is 0 Å². The van der Waals surface area contributed by atoms with Crippen LogP contribution >= 0.6 is 0 Å². The van der Waals surface area contributed by atoms with Crippen molar-refractivity contribution in [3.8, 4) is 16.9 Å². The van der Waals surface area contributed by atoms with Gasteiger partial charge in [0.25, 0.3) is 5.56 Å². The summed E-state index contributed by atoms with van der Waals surface area (Å²) in [4.78, 5) is 15.4. The van der Waals surface area contributed by atoms with Crippen LogP contribution < -0.4 is 10.3 Å². The minimum Gasteiger partial charge on any atom is -0.496 e. The molecule has 4 aromatic rings. The van der Waals surface area contributed by atoms with Gasteiger partial charge in [0.15, 0.2) is 5.58 Å². The molecule has 0 atom stereocenters. The van der Waals surface area contributed by atoms with Crippen molar-refractivity contribution in [1.82, 2.24) is 4.98 Å². The number of methoxy groups -OCH3 is 1. The monoisotopic (exact) mass is 305 g/mol. The molecule has 2 heterocycles. The molecule has 114 valence electrons. The second-order valence-corrected chi connectivity index (χ2v) is 5.46. The van der Waals surface area contributed by atoms with E-state index < -0.39 is 0 Å². The number of para-hydroxylation sites is 2. The second-order valence-electron chi connectivity index (χ2n) is 5.46. The van der Waals surface area contributed by atoms with Gasteiger partial charge in [0, 0.05) is 22.1 Å². The number of hydrogen-bond acceptors (Lipinski definition) is 3. The lowest BCUT2D eigenvalue weighted by Gasteiger charge is -2.10. The lowest BCUT2D eigenvalue weighted by Crippen LogP contribution is -2.10. The van der Waals surface area contributed by atoms with Gasteiger partial charge in [-0.15, -0.1) is 0 Å². The minimum atomic E-state index is -0.120. The van der Waals surface area contributed by atoms with E-state index in [-0.39, 0.29) is 5.56 Å². The zero-order valence-electron chi connectivity index (χ0n) is 12.8. The normalized spacial score (nSPS) is 11.2. The number of H-pyrrole nitrogens is 1. The van der Waals surface area contributed by atoms with Crippen molar-refractivity contribution in [3.05, 3.63) is 64.4 Å². The highest BCUT2D eigenvalue weighted by molar-refractivity contribution is 6.08. The zero-order chi connectivity index (χ0) is 16.0. The van der Waals surface area contributed by atoms with Crippen LogP contribution in [0.5, 0.6) is 5.75 Å². The van der Waals surface area contributed by atoms with Crippen molar-refractivity contribution in [1.29, 1.82) is 0 Å². The van der Waals surface area contributed by atoms with E-state index in [1.165, 1.54) is 0 Å². The van der Waals surface area contributed by atoms with E-state index in [0.717, 1.165) is 27.6 Å². The van der Waals surface area contributed by atoms with Gasteiger partial charge >= 0.3 is 0 Å². The fourth-order valence-corrected chi connectivity index (χ4v) is 3.01. The Kier molecular flexibility index (Phi) is 2.98. The molecule has 4 heteroatoms. The quantitative estimate of drug-likeness (QED) is 0.602. The number of furan rings is 1. The Labute approximate surface area is 132 Å². The smallest absolute Gasteiger partial charge is 0.252 e. The van der Waals surface area contributed by atoms with Crippen LogP contribution in [0.1, 0.15) is 5.56 Å². The number of rotatable bonds is 2. The van der Waals surface area contributed by atoms with E-state index in [9.17, 15) is 4.79 Å². The van der Waals surface area contributed by atoms with Crippen LogP contribution in [-0.4, -0.2) is 12.1 Å². The zero-order valence-corrected chi connectivity index (χ0v) is 12.8. The average Bonchev–Trinajstić information content (AvgIpc) is 2.94. The van der Waals surface area contributed by atoms with Gasteiger partial charge in [-0.25, -0.2) is 0 Å². The van der Waals surface area contributed by atoms with Crippen LogP contribution in [0.4, 0.5) is 0 Å². The summed E-state index contributed by atoms with van der Waals surface area (Å²) in [7, 11) is 1.62. The number of nitrogens with one attached hydrogen (secondary N) is 1. The van der Waals surface area contributed by atoms with E-state index in [0.29, 0.717) is 16.9 Å². The maximum absolute atomic E-state index is 12.4.